The lowest BCUT2D eigenvalue weighted by Gasteiger charge is -2.35. The van der Waals surface area contributed by atoms with Crippen LogP contribution in [0.3, 0.4) is 0 Å². The number of methoxy groups -OCH3 is 1. The molecule has 2 rings (SSSR count). The van der Waals surface area contributed by atoms with Gasteiger partial charge in [0.15, 0.2) is 0 Å². The van der Waals surface area contributed by atoms with E-state index in [0.29, 0.717) is 5.92 Å². The Kier molecular flexibility index (Phi) is 4.60. The van der Waals surface area contributed by atoms with Crippen LogP contribution in [-0.4, -0.2) is 37.6 Å². The zero-order chi connectivity index (χ0) is 14.7. The van der Waals surface area contributed by atoms with E-state index in [-0.39, 0.29) is 5.84 Å². The molecule has 1 aromatic rings. The summed E-state index contributed by atoms with van der Waals surface area (Å²) < 4.78 is 5.28. The number of aromatic nitrogens is 1. The Labute approximate surface area is 120 Å². The molecule has 5 nitrogen and oxygen atoms in total. The summed E-state index contributed by atoms with van der Waals surface area (Å²) in [6.45, 7) is 6.65. The second-order valence-corrected chi connectivity index (χ2v) is 5.57. The quantitative estimate of drug-likeness (QED) is 0.650. The standard InChI is InChI=1S/C15H24N4O/c1-10-7-13(14(15(16)17)11(2)18-10)19-6-4-5-12(8-19)9-20-3/h7,12H,4-6,8-9H2,1-3H3,(H3,16,17). The maximum Gasteiger partial charge on any atom is 0.126 e. The van der Waals surface area contributed by atoms with E-state index >= 15 is 0 Å². The van der Waals surface area contributed by atoms with Gasteiger partial charge < -0.3 is 15.4 Å². The number of piperidine rings is 1. The minimum atomic E-state index is 0.0962. The van der Waals surface area contributed by atoms with Crippen LogP contribution in [0, 0.1) is 25.2 Å². The van der Waals surface area contributed by atoms with Crippen molar-refractivity contribution in [2.45, 2.75) is 26.7 Å². The predicted octanol–water partition coefficient (Wildman–Crippen LogP) is 1.85. The van der Waals surface area contributed by atoms with Crippen molar-refractivity contribution in [2.24, 2.45) is 11.7 Å². The predicted molar refractivity (Wildman–Crippen MR) is 81.5 cm³/mol. The molecule has 0 radical (unpaired) electrons. The summed E-state index contributed by atoms with van der Waals surface area (Å²) in [5, 5.41) is 7.82. The molecule has 2 heterocycles. The highest BCUT2D eigenvalue weighted by Gasteiger charge is 2.23. The number of amidine groups is 1. The molecule has 3 N–H and O–H groups in total. The van der Waals surface area contributed by atoms with E-state index in [9.17, 15) is 0 Å². The monoisotopic (exact) mass is 276 g/mol. The minimum absolute atomic E-state index is 0.0962. The van der Waals surface area contributed by atoms with Crippen LogP contribution in [0.15, 0.2) is 6.07 Å². The van der Waals surface area contributed by atoms with Crippen molar-refractivity contribution in [3.8, 4) is 0 Å². The van der Waals surface area contributed by atoms with E-state index in [1.165, 1.54) is 6.42 Å². The van der Waals surface area contributed by atoms with Gasteiger partial charge >= 0.3 is 0 Å². The topological polar surface area (TPSA) is 75.2 Å². The van der Waals surface area contributed by atoms with E-state index < -0.39 is 0 Å². The van der Waals surface area contributed by atoms with E-state index in [1.54, 1.807) is 7.11 Å². The van der Waals surface area contributed by atoms with E-state index in [2.05, 4.69) is 9.88 Å². The third-order valence-electron chi connectivity index (χ3n) is 3.84. The molecule has 0 spiro atoms. The van der Waals surface area contributed by atoms with Gasteiger partial charge in [-0.1, -0.05) is 0 Å². The fourth-order valence-corrected chi connectivity index (χ4v) is 3.05. The maximum absolute atomic E-state index is 7.82. The van der Waals surface area contributed by atoms with E-state index in [1.807, 2.05) is 19.9 Å². The summed E-state index contributed by atoms with van der Waals surface area (Å²) in [4.78, 5) is 6.76. The lowest BCUT2D eigenvalue weighted by molar-refractivity contribution is 0.143. The summed E-state index contributed by atoms with van der Waals surface area (Å²) in [5.74, 6) is 0.640. The molecular formula is C15H24N4O. The zero-order valence-corrected chi connectivity index (χ0v) is 12.6. The third kappa shape index (κ3) is 3.10. The number of nitrogen functional groups attached to an aromatic ring is 1. The van der Waals surface area contributed by atoms with Crippen molar-refractivity contribution in [1.82, 2.24) is 4.98 Å². The summed E-state index contributed by atoms with van der Waals surface area (Å²) in [6.07, 6.45) is 2.34. The molecular weight excluding hydrogens is 252 g/mol. The van der Waals surface area contributed by atoms with Crippen LogP contribution in [0.25, 0.3) is 0 Å². The van der Waals surface area contributed by atoms with Crippen LogP contribution in [0.2, 0.25) is 0 Å². The summed E-state index contributed by atoms with van der Waals surface area (Å²) in [7, 11) is 1.75. The summed E-state index contributed by atoms with van der Waals surface area (Å²) in [6, 6.07) is 2.04. The van der Waals surface area contributed by atoms with Gasteiger partial charge in [0.2, 0.25) is 0 Å². The Morgan fingerprint density at radius 2 is 2.30 bits per heavy atom. The van der Waals surface area contributed by atoms with Crippen LogP contribution >= 0.6 is 0 Å². The van der Waals surface area contributed by atoms with Gasteiger partial charge in [0.25, 0.3) is 0 Å². The molecule has 5 heteroatoms. The molecule has 0 amide bonds. The molecule has 1 aromatic heterocycles. The second kappa shape index (κ2) is 6.22. The van der Waals surface area contributed by atoms with Crippen molar-refractivity contribution >= 4 is 11.5 Å². The number of nitrogens with one attached hydrogen (secondary N) is 1. The van der Waals surface area contributed by atoms with Gasteiger partial charge in [-0.15, -0.1) is 0 Å². The van der Waals surface area contributed by atoms with Gasteiger partial charge in [-0.2, -0.15) is 0 Å². The highest BCUT2D eigenvalue weighted by atomic mass is 16.5. The van der Waals surface area contributed by atoms with Gasteiger partial charge in [-0.25, -0.2) is 0 Å². The van der Waals surface area contributed by atoms with Gasteiger partial charge in [-0.3, -0.25) is 10.4 Å². The number of anilines is 1. The maximum atomic E-state index is 7.82. The van der Waals surface area contributed by atoms with Crippen LogP contribution in [0.4, 0.5) is 5.69 Å². The van der Waals surface area contributed by atoms with Crippen molar-refractivity contribution < 1.29 is 4.74 Å². The van der Waals surface area contributed by atoms with E-state index in [4.69, 9.17) is 15.9 Å². The molecule has 0 bridgehead atoms. The second-order valence-electron chi connectivity index (χ2n) is 5.57. The number of hydrogen-bond donors (Lipinski definition) is 2. The Balaban J connectivity index is 2.33. The Bertz CT molecular complexity index is 499. The smallest absolute Gasteiger partial charge is 0.126 e. The average Bonchev–Trinajstić information content (AvgIpc) is 2.38. The minimum Gasteiger partial charge on any atom is -0.384 e. The molecule has 0 saturated carbocycles. The van der Waals surface area contributed by atoms with E-state index in [0.717, 1.165) is 48.8 Å². The SMILES string of the molecule is COCC1CCCN(c2cc(C)nc(C)c2C(=N)N)C1. The van der Waals surface area contributed by atoms with Crippen LogP contribution < -0.4 is 10.6 Å². The molecule has 20 heavy (non-hydrogen) atoms. The molecule has 1 aliphatic heterocycles. The lowest BCUT2D eigenvalue weighted by Crippen LogP contribution is -2.38. The number of aryl methyl sites for hydroxylation is 2. The number of rotatable bonds is 4. The van der Waals surface area contributed by atoms with Gasteiger partial charge in [-0.05, 0) is 38.7 Å². The highest BCUT2D eigenvalue weighted by molar-refractivity contribution is 6.01. The molecule has 0 aromatic carbocycles. The van der Waals surface area contributed by atoms with Crippen molar-refractivity contribution in [1.29, 1.82) is 5.41 Å². The lowest BCUT2D eigenvalue weighted by atomic mass is 9.97. The van der Waals surface area contributed by atoms with Crippen LogP contribution in [-0.2, 0) is 4.74 Å². The van der Waals surface area contributed by atoms with Crippen LogP contribution in [0.5, 0.6) is 0 Å². The molecule has 1 fully saturated rings. The van der Waals surface area contributed by atoms with Crippen molar-refractivity contribution in [2.75, 3.05) is 31.7 Å². The Morgan fingerprint density at radius 3 is 2.95 bits per heavy atom. The first-order chi connectivity index (χ1) is 9.52. The van der Waals surface area contributed by atoms with Crippen molar-refractivity contribution in [3.05, 3.63) is 23.0 Å². The summed E-state index contributed by atoms with van der Waals surface area (Å²) in [5.41, 5.74) is 9.38. The largest absolute Gasteiger partial charge is 0.384 e. The number of pyridine rings is 1. The number of hydrogen-bond acceptors (Lipinski definition) is 4. The highest BCUT2D eigenvalue weighted by Crippen LogP contribution is 2.28. The normalized spacial score (nSPS) is 19.1. The van der Waals surface area contributed by atoms with Gasteiger partial charge in [0, 0.05) is 25.9 Å². The number of nitrogens with zero attached hydrogens (tertiary/aromatic N) is 2. The zero-order valence-electron chi connectivity index (χ0n) is 12.6. The average molecular weight is 276 g/mol. The number of nitrogens with two attached hydrogens (primary N) is 1. The van der Waals surface area contributed by atoms with Gasteiger partial charge in [0.1, 0.15) is 5.84 Å². The first-order valence-electron chi connectivity index (χ1n) is 7.09. The fourth-order valence-electron chi connectivity index (χ4n) is 3.05. The first-order valence-corrected chi connectivity index (χ1v) is 7.09. The first kappa shape index (κ1) is 14.8. The molecule has 110 valence electrons. The molecule has 0 aliphatic carbocycles. The third-order valence-corrected chi connectivity index (χ3v) is 3.84. The summed E-state index contributed by atoms with van der Waals surface area (Å²) >= 11 is 0. The fraction of sp³-hybridized carbons (Fsp3) is 0.600. The van der Waals surface area contributed by atoms with Gasteiger partial charge in [0.05, 0.1) is 23.6 Å². The van der Waals surface area contributed by atoms with Crippen LogP contribution in [0.1, 0.15) is 29.8 Å². The van der Waals surface area contributed by atoms with Crippen molar-refractivity contribution in [3.63, 3.8) is 0 Å². The Morgan fingerprint density at radius 1 is 1.55 bits per heavy atom. The molecule has 1 unspecified atom stereocenters. The molecule has 1 atom stereocenters. The molecule has 1 aliphatic rings. The molecule has 1 saturated heterocycles. The Hall–Kier alpha value is -1.62. The number of ether oxygens (including phenoxy) is 1.